The summed E-state index contributed by atoms with van der Waals surface area (Å²) >= 11 is 0. The summed E-state index contributed by atoms with van der Waals surface area (Å²) in [7, 11) is -1.20. The summed E-state index contributed by atoms with van der Waals surface area (Å²) in [6.45, 7) is 1.38. The van der Waals surface area contributed by atoms with Gasteiger partial charge in [-0.2, -0.15) is 0 Å². The Labute approximate surface area is 101 Å². The van der Waals surface area contributed by atoms with Gasteiger partial charge in [0.2, 0.25) is 10.0 Å². The molecule has 0 radical (unpaired) electrons. The summed E-state index contributed by atoms with van der Waals surface area (Å²) in [6.07, 6.45) is 0.153. The van der Waals surface area contributed by atoms with Crippen molar-refractivity contribution < 1.29 is 27.5 Å². The first-order chi connectivity index (χ1) is 7.82. The van der Waals surface area contributed by atoms with E-state index in [1.165, 1.54) is 21.1 Å². The Bertz CT molecular complexity index is 364. The average Bonchev–Trinajstić information content (AvgIpc) is 2.26. The molecular weight excluding hydrogens is 250 g/mol. The van der Waals surface area contributed by atoms with Crippen LogP contribution in [-0.4, -0.2) is 46.4 Å². The van der Waals surface area contributed by atoms with E-state index < -0.39 is 28.0 Å². The third kappa shape index (κ3) is 6.90. The molecule has 1 unspecified atom stereocenters. The molecule has 100 valence electrons. The van der Waals surface area contributed by atoms with E-state index in [0.717, 1.165) is 0 Å². The second-order valence-electron chi connectivity index (χ2n) is 3.36. The molecule has 0 aliphatic carbocycles. The minimum Gasteiger partial charge on any atom is -0.469 e. The molecule has 0 aromatic rings. The average molecular weight is 267 g/mol. The Balaban J connectivity index is 4.13. The molecule has 8 heteroatoms. The summed E-state index contributed by atoms with van der Waals surface area (Å²) < 4.78 is 33.8. The lowest BCUT2D eigenvalue weighted by atomic mass is 10.3. The number of esters is 2. The van der Waals surface area contributed by atoms with Crippen LogP contribution in [0.1, 0.15) is 19.8 Å². The van der Waals surface area contributed by atoms with E-state index in [1.54, 1.807) is 0 Å². The number of hydrogen-bond donors (Lipinski definition) is 1. The number of nitrogens with one attached hydrogen (secondary N) is 1. The highest BCUT2D eigenvalue weighted by Crippen LogP contribution is 1.98. The van der Waals surface area contributed by atoms with Gasteiger partial charge in [-0.05, 0) is 13.3 Å². The van der Waals surface area contributed by atoms with E-state index in [1.807, 2.05) is 0 Å². The Kier molecular flexibility index (Phi) is 6.74. The lowest BCUT2D eigenvalue weighted by molar-refractivity contribution is -0.142. The molecule has 0 aromatic heterocycles. The van der Waals surface area contributed by atoms with Gasteiger partial charge in [0.1, 0.15) is 6.04 Å². The predicted octanol–water partition coefficient (Wildman–Crippen LogP) is -0.579. The van der Waals surface area contributed by atoms with Gasteiger partial charge in [0.05, 0.1) is 20.0 Å². The first-order valence-electron chi connectivity index (χ1n) is 4.97. The Morgan fingerprint density at radius 1 is 1.24 bits per heavy atom. The predicted molar refractivity (Wildman–Crippen MR) is 59.7 cm³/mol. The molecule has 0 amide bonds. The van der Waals surface area contributed by atoms with Crippen molar-refractivity contribution >= 4 is 22.0 Å². The number of carbonyl (C=O) groups excluding carboxylic acids is 2. The van der Waals surface area contributed by atoms with E-state index in [4.69, 9.17) is 0 Å². The van der Waals surface area contributed by atoms with Crippen LogP contribution in [0.15, 0.2) is 0 Å². The van der Waals surface area contributed by atoms with Gasteiger partial charge in [-0.25, -0.2) is 13.1 Å². The molecule has 0 fully saturated rings. The van der Waals surface area contributed by atoms with Gasteiger partial charge in [-0.3, -0.25) is 9.59 Å². The van der Waals surface area contributed by atoms with Gasteiger partial charge in [0, 0.05) is 6.42 Å². The van der Waals surface area contributed by atoms with Gasteiger partial charge >= 0.3 is 11.9 Å². The highest BCUT2D eigenvalue weighted by atomic mass is 32.2. The van der Waals surface area contributed by atoms with Crippen LogP contribution in [0, 0.1) is 0 Å². The zero-order valence-corrected chi connectivity index (χ0v) is 10.9. The molecule has 7 nitrogen and oxygen atoms in total. The minimum atomic E-state index is -3.60. The fraction of sp³-hybridized carbons (Fsp3) is 0.778. The van der Waals surface area contributed by atoms with Gasteiger partial charge in [0.25, 0.3) is 0 Å². The molecule has 0 rings (SSSR count). The van der Waals surface area contributed by atoms with Crippen molar-refractivity contribution in [3.05, 3.63) is 0 Å². The quantitative estimate of drug-likeness (QED) is 0.620. The molecule has 0 bridgehead atoms. The van der Waals surface area contributed by atoms with Crippen molar-refractivity contribution in [3.63, 3.8) is 0 Å². The number of sulfonamides is 1. The summed E-state index contributed by atoms with van der Waals surface area (Å²) in [5.74, 6) is -1.38. The SMILES string of the molecule is COC(=O)CCCS(=O)(=O)NC(C)C(=O)OC. The zero-order valence-electron chi connectivity index (χ0n) is 10.1. The van der Waals surface area contributed by atoms with Crippen molar-refractivity contribution in [3.8, 4) is 0 Å². The number of ether oxygens (including phenoxy) is 2. The largest absolute Gasteiger partial charge is 0.469 e. The molecule has 0 aromatic carbocycles. The van der Waals surface area contributed by atoms with Crippen LogP contribution in [0.25, 0.3) is 0 Å². The van der Waals surface area contributed by atoms with E-state index >= 15 is 0 Å². The van der Waals surface area contributed by atoms with E-state index in [2.05, 4.69) is 14.2 Å². The molecule has 1 atom stereocenters. The van der Waals surface area contributed by atoms with Crippen molar-refractivity contribution in [1.29, 1.82) is 0 Å². The highest BCUT2D eigenvalue weighted by molar-refractivity contribution is 7.89. The van der Waals surface area contributed by atoms with Gasteiger partial charge in [-0.15, -0.1) is 0 Å². The van der Waals surface area contributed by atoms with Crippen molar-refractivity contribution in [2.45, 2.75) is 25.8 Å². The number of rotatable bonds is 7. The van der Waals surface area contributed by atoms with Crippen LogP contribution in [-0.2, 0) is 29.1 Å². The lowest BCUT2D eigenvalue weighted by Gasteiger charge is -2.11. The molecule has 0 spiro atoms. The smallest absolute Gasteiger partial charge is 0.323 e. The number of hydrogen-bond acceptors (Lipinski definition) is 6. The number of methoxy groups -OCH3 is 2. The van der Waals surface area contributed by atoms with Crippen LogP contribution < -0.4 is 4.72 Å². The minimum absolute atomic E-state index is 0.0179. The van der Waals surface area contributed by atoms with Crippen LogP contribution in [0.2, 0.25) is 0 Å². The lowest BCUT2D eigenvalue weighted by Crippen LogP contribution is -2.40. The van der Waals surface area contributed by atoms with Crippen LogP contribution >= 0.6 is 0 Å². The fourth-order valence-electron chi connectivity index (χ4n) is 1.06. The van der Waals surface area contributed by atoms with E-state index in [-0.39, 0.29) is 18.6 Å². The highest BCUT2D eigenvalue weighted by Gasteiger charge is 2.20. The van der Waals surface area contributed by atoms with Crippen molar-refractivity contribution in [2.24, 2.45) is 0 Å². The second kappa shape index (κ2) is 7.23. The van der Waals surface area contributed by atoms with E-state index in [0.29, 0.717) is 0 Å². The normalized spacial score (nSPS) is 12.9. The summed E-state index contributed by atoms with van der Waals surface area (Å²) in [5.41, 5.74) is 0. The summed E-state index contributed by atoms with van der Waals surface area (Å²) in [4.78, 5) is 21.8. The monoisotopic (exact) mass is 267 g/mol. The third-order valence-corrected chi connectivity index (χ3v) is 3.47. The molecule has 0 heterocycles. The Morgan fingerprint density at radius 3 is 2.29 bits per heavy atom. The maximum absolute atomic E-state index is 11.5. The van der Waals surface area contributed by atoms with Gasteiger partial charge in [-0.1, -0.05) is 0 Å². The van der Waals surface area contributed by atoms with E-state index in [9.17, 15) is 18.0 Å². The summed E-state index contributed by atoms with van der Waals surface area (Å²) in [6, 6.07) is -0.942. The van der Waals surface area contributed by atoms with Gasteiger partial charge in [0.15, 0.2) is 0 Å². The van der Waals surface area contributed by atoms with Crippen LogP contribution in [0.3, 0.4) is 0 Å². The van der Waals surface area contributed by atoms with Crippen molar-refractivity contribution in [1.82, 2.24) is 4.72 Å². The first kappa shape index (κ1) is 15.9. The maximum atomic E-state index is 11.5. The zero-order chi connectivity index (χ0) is 13.5. The Hall–Kier alpha value is -1.15. The number of carbonyl (C=O) groups is 2. The van der Waals surface area contributed by atoms with Crippen LogP contribution in [0.5, 0.6) is 0 Å². The third-order valence-electron chi connectivity index (χ3n) is 1.93. The Morgan fingerprint density at radius 2 is 1.82 bits per heavy atom. The summed E-state index contributed by atoms with van der Waals surface area (Å²) in [5, 5.41) is 0. The second-order valence-corrected chi connectivity index (χ2v) is 5.23. The molecule has 0 saturated carbocycles. The van der Waals surface area contributed by atoms with Crippen LogP contribution in [0.4, 0.5) is 0 Å². The molecular formula is C9H17NO6S. The maximum Gasteiger partial charge on any atom is 0.323 e. The molecule has 0 aliphatic heterocycles. The van der Waals surface area contributed by atoms with Gasteiger partial charge < -0.3 is 9.47 Å². The van der Waals surface area contributed by atoms with Crippen molar-refractivity contribution in [2.75, 3.05) is 20.0 Å². The molecule has 1 N–H and O–H groups in total. The topological polar surface area (TPSA) is 98.8 Å². The molecule has 0 saturated heterocycles. The molecule has 0 aliphatic rings. The fourth-order valence-corrected chi connectivity index (χ4v) is 2.34. The molecule has 17 heavy (non-hydrogen) atoms. The first-order valence-corrected chi connectivity index (χ1v) is 6.62. The standard InChI is InChI=1S/C9H17NO6S/c1-7(9(12)16-3)10-17(13,14)6-4-5-8(11)15-2/h7,10H,4-6H2,1-3H3.